The van der Waals surface area contributed by atoms with Gasteiger partial charge in [0, 0.05) is 29.5 Å². The van der Waals surface area contributed by atoms with Gasteiger partial charge in [-0.05, 0) is 54.4 Å². The van der Waals surface area contributed by atoms with Crippen molar-refractivity contribution >= 4 is 11.0 Å². The van der Waals surface area contributed by atoms with Crippen LogP contribution in [0.15, 0.2) is 61.2 Å². The van der Waals surface area contributed by atoms with E-state index in [-0.39, 0.29) is 5.82 Å². The Morgan fingerprint density at radius 3 is 2.52 bits per heavy atom. The van der Waals surface area contributed by atoms with Crippen molar-refractivity contribution in [3.05, 3.63) is 72.6 Å². The molecule has 0 aliphatic carbocycles. The molecule has 3 heterocycles. The van der Waals surface area contributed by atoms with Gasteiger partial charge in [-0.15, -0.1) is 0 Å². The predicted octanol–water partition coefficient (Wildman–Crippen LogP) is 3.93. The second-order valence-electron chi connectivity index (χ2n) is 5.32. The average molecular weight is 304 g/mol. The lowest BCUT2D eigenvalue weighted by Crippen LogP contribution is -1.97. The van der Waals surface area contributed by atoms with Crippen LogP contribution in [0.2, 0.25) is 0 Å². The quantitative estimate of drug-likeness (QED) is 0.563. The van der Waals surface area contributed by atoms with Crippen LogP contribution in [-0.4, -0.2) is 19.7 Å². The van der Waals surface area contributed by atoms with Crippen LogP contribution in [0.3, 0.4) is 0 Å². The maximum Gasteiger partial charge on any atom is 0.163 e. The molecule has 0 aliphatic heterocycles. The average Bonchev–Trinajstić information content (AvgIpc) is 3.00. The molecule has 0 saturated carbocycles. The molecule has 112 valence electrons. The summed E-state index contributed by atoms with van der Waals surface area (Å²) in [7, 11) is 0. The standard InChI is InChI=1S/C18H13FN4/c1-12-6-8-20-10-16(12)15-7-9-21-18-17(15)11-22-23(18)14-4-2-13(19)3-5-14/h2-11H,1H3. The van der Waals surface area contributed by atoms with Gasteiger partial charge < -0.3 is 0 Å². The molecule has 1 aromatic carbocycles. The maximum absolute atomic E-state index is 13.1. The first-order chi connectivity index (χ1) is 11.2. The van der Waals surface area contributed by atoms with Crippen molar-refractivity contribution < 1.29 is 4.39 Å². The number of pyridine rings is 2. The lowest BCUT2D eigenvalue weighted by Gasteiger charge is -2.07. The van der Waals surface area contributed by atoms with Gasteiger partial charge in [0.1, 0.15) is 5.82 Å². The minimum Gasteiger partial charge on any atom is -0.264 e. The van der Waals surface area contributed by atoms with Crippen molar-refractivity contribution in [1.29, 1.82) is 0 Å². The lowest BCUT2D eigenvalue weighted by molar-refractivity contribution is 0.627. The number of benzene rings is 1. The zero-order chi connectivity index (χ0) is 15.8. The number of hydrogen-bond donors (Lipinski definition) is 0. The van der Waals surface area contributed by atoms with Crippen LogP contribution < -0.4 is 0 Å². The van der Waals surface area contributed by atoms with Crippen molar-refractivity contribution in [1.82, 2.24) is 19.7 Å². The molecule has 0 aliphatic rings. The molecule has 0 N–H and O–H groups in total. The van der Waals surface area contributed by atoms with E-state index in [1.807, 2.05) is 25.3 Å². The highest BCUT2D eigenvalue weighted by Gasteiger charge is 2.12. The van der Waals surface area contributed by atoms with E-state index >= 15 is 0 Å². The SMILES string of the molecule is Cc1ccncc1-c1ccnc2c1cnn2-c1ccc(F)cc1. The van der Waals surface area contributed by atoms with Crippen molar-refractivity contribution in [2.24, 2.45) is 0 Å². The molecule has 0 saturated heterocycles. The van der Waals surface area contributed by atoms with Gasteiger partial charge in [0.05, 0.1) is 11.9 Å². The Morgan fingerprint density at radius 1 is 0.913 bits per heavy atom. The van der Waals surface area contributed by atoms with Gasteiger partial charge in [-0.2, -0.15) is 5.10 Å². The summed E-state index contributed by atoms with van der Waals surface area (Å²) in [5.41, 5.74) is 4.74. The Bertz CT molecular complexity index is 990. The van der Waals surface area contributed by atoms with E-state index in [2.05, 4.69) is 15.1 Å². The summed E-state index contributed by atoms with van der Waals surface area (Å²) in [5.74, 6) is -0.273. The van der Waals surface area contributed by atoms with Crippen LogP contribution in [-0.2, 0) is 0 Å². The van der Waals surface area contributed by atoms with E-state index in [1.54, 1.807) is 35.4 Å². The number of aromatic nitrogens is 4. The van der Waals surface area contributed by atoms with Crippen molar-refractivity contribution in [3.63, 3.8) is 0 Å². The highest BCUT2D eigenvalue weighted by molar-refractivity contribution is 5.93. The summed E-state index contributed by atoms with van der Waals surface area (Å²) in [4.78, 5) is 8.66. The summed E-state index contributed by atoms with van der Waals surface area (Å²) in [5, 5.41) is 5.36. The predicted molar refractivity (Wildman–Crippen MR) is 86.8 cm³/mol. The van der Waals surface area contributed by atoms with Crippen LogP contribution in [0.4, 0.5) is 4.39 Å². The molecule has 3 aromatic heterocycles. The second kappa shape index (κ2) is 5.28. The summed E-state index contributed by atoms with van der Waals surface area (Å²) >= 11 is 0. The Hall–Kier alpha value is -3.08. The molecule has 4 aromatic rings. The summed E-state index contributed by atoms with van der Waals surface area (Å²) < 4.78 is 14.8. The first-order valence-electron chi connectivity index (χ1n) is 7.24. The topological polar surface area (TPSA) is 43.6 Å². The summed E-state index contributed by atoms with van der Waals surface area (Å²) in [6, 6.07) is 10.1. The second-order valence-corrected chi connectivity index (χ2v) is 5.32. The van der Waals surface area contributed by atoms with Gasteiger partial charge in [-0.1, -0.05) is 0 Å². The van der Waals surface area contributed by atoms with Crippen molar-refractivity contribution in [3.8, 4) is 16.8 Å². The van der Waals surface area contributed by atoms with E-state index in [9.17, 15) is 4.39 Å². The zero-order valence-electron chi connectivity index (χ0n) is 12.4. The third kappa shape index (κ3) is 2.26. The number of aryl methyl sites for hydroxylation is 1. The fourth-order valence-corrected chi connectivity index (χ4v) is 2.68. The molecule has 0 fully saturated rings. The van der Waals surface area contributed by atoms with Crippen LogP contribution in [0, 0.1) is 12.7 Å². The van der Waals surface area contributed by atoms with Gasteiger partial charge in [0.2, 0.25) is 0 Å². The Kier molecular flexibility index (Phi) is 3.12. The molecule has 0 spiro atoms. The van der Waals surface area contributed by atoms with E-state index in [4.69, 9.17) is 0 Å². The third-order valence-corrected chi connectivity index (χ3v) is 3.87. The molecule has 0 atom stereocenters. The minimum atomic E-state index is -0.273. The smallest absolute Gasteiger partial charge is 0.163 e. The van der Waals surface area contributed by atoms with Gasteiger partial charge >= 0.3 is 0 Å². The fraction of sp³-hybridized carbons (Fsp3) is 0.0556. The maximum atomic E-state index is 13.1. The monoisotopic (exact) mass is 304 g/mol. The molecular weight excluding hydrogens is 291 g/mol. The Labute approximate surface area is 132 Å². The molecular formula is C18H13FN4. The molecule has 0 bridgehead atoms. The van der Waals surface area contributed by atoms with Crippen LogP contribution in [0.25, 0.3) is 27.8 Å². The van der Waals surface area contributed by atoms with Crippen molar-refractivity contribution in [2.45, 2.75) is 6.92 Å². The van der Waals surface area contributed by atoms with Gasteiger partial charge in [-0.25, -0.2) is 14.1 Å². The van der Waals surface area contributed by atoms with E-state index in [1.165, 1.54) is 12.1 Å². The third-order valence-electron chi connectivity index (χ3n) is 3.87. The van der Waals surface area contributed by atoms with E-state index in [0.29, 0.717) is 0 Å². The van der Waals surface area contributed by atoms with Crippen LogP contribution in [0.1, 0.15) is 5.56 Å². The van der Waals surface area contributed by atoms with Gasteiger partial charge in [0.15, 0.2) is 5.65 Å². The number of rotatable bonds is 2. The van der Waals surface area contributed by atoms with E-state index < -0.39 is 0 Å². The normalized spacial score (nSPS) is 11.0. The minimum absolute atomic E-state index is 0.273. The van der Waals surface area contributed by atoms with Gasteiger partial charge in [0.25, 0.3) is 0 Å². The zero-order valence-corrected chi connectivity index (χ0v) is 12.4. The molecule has 0 unspecified atom stereocenters. The molecule has 4 nitrogen and oxygen atoms in total. The van der Waals surface area contributed by atoms with Crippen LogP contribution >= 0.6 is 0 Å². The lowest BCUT2D eigenvalue weighted by atomic mass is 10.0. The van der Waals surface area contributed by atoms with E-state index in [0.717, 1.165) is 33.4 Å². The number of halogens is 1. The highest BCUT2D eigenvalue weighted by Crippen LogP contribution is 2.29. The largest absolute Gasteiger partial charge is 0.264 e. The number of nitrogens with zero attached hydrogens (tertiary/aromatic N) is 4. The molecule has 0 radical (unpaired) electrons. The number of fused-ring (bicyclic) bond motifs is 1. The van der Waals surface area contributed by atoms with Crippen LogP contribution in [0.5, 0.6) is 0 Å². The molecule has 23 heavy (non-hydrogen) atoms. The number of hydrogen-bond acceptors (Lipinski definition) is 3. The van der Waals surface area contributed by atoms with Gasteiger partial charge in [-0.3, -0.25) is 4.98 Å². The summed E-state index contributed by atoms with van der Waals surface area (Å²) in [6.45, 7) is 2.05. The first kappa shape index (κ1) is 13.6. The first-order valence-corrected chi connectivity index (χ1v) is 7.24. The Morgan fingerprint density at radius 2 is 1.74 bits per heavy atom. The van der Waals surface area contributed by atoms with Crippen molar-refractivity contribution in [2.75, 3.05) is 0 Å². The fourth-order valence-electron chi connectivity index (χ4n) is 2.68. The highest BCUT2D eigenvalue weighted by atomic mass is 19.1. The molecule has 5 heteroatoms. The molecule has 0 amide bonds. The Balaban J connectivity index is 1.94. The molecule has 4 rings (SSSR count). The summed E-state index contributed by atoms with van der Waals surface area (Å²) in [6.07, 6.45) is 7.16.